The molecule has 0 aliphatic heterocycles. The molecule has 0 saturated carbocycles. The fraction of sp³-hybridized carbons (Fsp3) is 0.273. The van der Waals surface area contributed by atoms with Gasteiger partial charge in [-0.3, -0.25) is 9.59 Å². The van der Waals surface area contributed by atoms with Gasteiger partial charge in [-0.2, -0.15) is 0 Å². The highest BCUT2D eigenvalue weighted by atomic mass is 79.9. The first-order valence-corrected chi connectivity index (χ1v) is 6.51. The molecule has 0 heterocycles. The minimum atomic E-state index is -0.459. The lowest BCUT2D eigenvalue weighted by molar-refractivity contribution is -0.119. The van der Waals surface area contributed by atoms with E-state index in [0.29, 0.717) is 0 Å². The average Bonchev–Trinajstić information content (AvgIpc) is 2.14. The van der Waals surface area contributed by atoms with Gasteiger partial charge in [-0.05, 0) is 17.7 Å². The Bertz CT molecular complexity index is 413. The van der Waals surface area contributed by atoms with E-state index in [9.17, 15) is 9.59 Å². The third-order valence-corrected chi connectivity index (χ3v) is 3.69. The van der Waals surface area contributed by atoms with Gasteiger partial charge in [0.2, 0.25) is 11.8 Å². The second-order valence-corrected chi connectivity index (χ2v) is 5.38. The molecule has 0 spiro atoms. The first kappa shape index (κ1) is 14.2. The normalized spacial score (nSPS) is 10.5. The van der Waals surface area contributed by atoms with Crippen LogP contribution in [0, 0.1) is 0 Å². The molecule has 0 saturated heterocycles. The van der Waals surface area contributed by atoms with Gasteiger partial charge >= 0.3 is 0 Å². The van der Waals surface area contributed by atoms with Crippen LogP contribution < -0.4 is 11.5 Å². The molecule has 4 N–H and O–H groups in total. The molecule has 1 rings (SSSR count). The molecule has 0 bridgehead atoms. The van der Waals surface area contributed by atoms with Gasteiger partial charge < -0.3 is 11.5 Å². The quantitative estimate of drug-likeness (QED) is 0.838. The molecule has 6 heteroatoms. The van der Waals surface area contributed by atoms with Crippen LogP contribution in [0.3, 0.4) is 0 Å². The second-order valence-electron chi connectivity index (χ2n) is 3.67. The number of nitrogens with two attached hydrogens (primary N) is 2. The largest absolute Gasteiger partial charge is 0.370 e. The van der Waals surface area contributed by atoms with Crippen LogP contribution >= 0.6 is 31.9 Å². The van der Waals surface area contributed by atoms with Crippen molar-refractivity contribution in [2.75, 3.05) is 0 Å². The minimum absolute atomic E-state index is 0.0875. The lowest BCUT2D eigenvalue weighted by atomic mass is 9.92. The van der Waals surface area contributed by atoms with Crippen LogP contribution in [0.4, 0.5) is 0 Å². The summed E-state index contributed by atoms with van der Waals surface area (Å²) in [5.74, 6) is -1.23. The number of primary amides is 2. The maximum absolute atomic E-state index is 11.0. The Balaban J connectivity index is 3.11. The Morgan fingerprint density at radius 1 is 1.06 bits per heavy atom. The summed E-state index contributed by atoms with van der Waals surface area (Å²) in [6.07, 6.45) is 0.175. The maximum atomic E-state index is 11.0. The SMILES string of the molecule is NC(=O)CC(CC(N)=O)c1c(Br)cccc1Br. The van der Waals surface area contributed by atoms with Crippen molar-refractivity contribution in [2.45, 2.75) is 18.8 Å². The van der Waals surface area contributed by atoms with E-state index in [1.165, 1.54) is 0 Å². The van der Waals surface area contributed by atoms with E-state index in [4.69, 9.17) is 11.5 Å². The van der Waals surface area contributed by atoms with Gasteiger partial charge in [-0.1, -0.05) is 37.9 Å². The summed E-state index contributed by atoms with van der Waals surface area (Å²) < 4.78 is 1.64. The maximum Gasteiger partial charge on any atom is 0.218 e. The summed E-state index contributed by atoms with van der Waals surface area (Å²) in [6.45, 7) is 0. The molecule has 0 aliphatic carbocycles. The Morgan fingerprint density at radius 2 is 1.47 bits per heavy atom. The van der Waals surface area contributed by atoms with Gasteiger partial charge in [0.25, 0.3) is 0 Å². The number of benzene rings is 1. The van der Waals surface area contributed by atoms with E-state index in [0.717, 1.165) is 14.5 Å². The average molecular weight is 364 g/mol. The van der Waals surface area contributed by atoms with Crippen molar-refractivity contribution < 1.29 is 9.59 Å². The monoisotopic (exact) mass is 362 g/mol. The van der Waals surface area contributed by atoms with Crippen molar-refractivity contribution in [3.8, 4) is 0 Å². The van der Waals surface area contributed by atoms with Crippen molar-refractivity contribution in [2.24, 2.45) is 11.5 Å². The van der Waals surface area contributed by atoms with Crippen molar-refractivity contribution in [3.63, 3.8) is 0 Å². The fourth-order valence-electron chi connectivity index (χ4n) is 1.66. The summed E-state index contributed by atoms with van der Waals surface area (Å²) in [5.41, 5.74) is 11.2. The van der Waals surface area contributed by atoms with Crippen LogP contribution in [0.25, 0.3) is 0 Å². The predicted octanol–water partition coefficient (Wildman–Crippen LogP) is 2.05. The van der Waals surface area contributed by atoms with Crippen LogP contribution in [-0.4, -0.2) is 11.8 Å². The smallest absolute Gasteiger partial charge is 0.218 e. The van der Waals surface area contributed by atoms with E-state index < -0.39 is 11.8 Å². The van der Waals surface area contributed by atoms with E-state index >= 15 is 0 Å². The molecule has 0 unspecified atom stereocenters. The van der Waals surface area contributed by atoms with Gasteiger partial charge in [0.15, 0.2) is 0 Å². The molecule has 0 fully saturated rings. The summed E-state index contributed by atoms with van der Waals surface area (Å²) >= 11 is 6.79. The van der Waals surface area contributed by atoms with Crippen molar-refractivity contribution in [3.05, 3.63) is 32.7 Å². The molecule has 0 radical (unpaired) electrons. The van der Waals surface area contributed by atoms with Crippen LogP contribution in [0.5, 0.6) is 0 Å². The van der Waals surface area contributed by atoms with E-state index in [1.807, 2.05) is 18.2 Å². The lowest BCUT2D eigenvalue weighted by Gasteiger charge is -2.17. The molecular weight excluding hydrogens is 352 g/mol. The summed E-state index contributed by atoms with van der Waals surface area (Å²) in [5, 5.41) is 0. The predicted molar refractivity (Wildman–Crippen MR) is 72.2 cm³/mol. The van der Waals surface area contributed by atoms with Gasteiger partial charge in [0.05, 0.1) is 0 Å². The van der Waals surface area contributed by atoms with Crippen LogP contribution in [0.1, 0.15) is 24.3 Å². The summed E-state index contributed by atoms with van der Waals surface area (Å²) in [4.78, 5) is 22.1. The van der Waals surface area contributed by atoms with Gasteiger partial charge in [0, 0.05) is 27.7 Å². The number of hydrogen-bond donors (Lipinski definition) is 2. The molecule has 17 heavy (non-hydrogen) atoms. The zero-order chi connectivity index (χ0) is 13.0. The number of halogens is 2. The number of carbonyl (C=O) groups is 2. The molecule has 1 aromatic rings. The molecule has 0 aliphatic rings. The third kappa shape index (κ3) is 4.12. The number of hydrogen-bond acceptors (Lipinski definition) is 2. The molecule has 92 valence electrons. The summed E-state index contributed by atoms with van der Waals surface area (Å²) in [6, 6.07) is 5.54. The van der Waals surface area contributed by atoms with Crippen molar-refractivity contribution >= 4 is 43.7 Å². The Labute approximate surface area is 116 Å². The number of amides is 2. The Morgan fingerprint density at radius 3 is 1.82 bits per heavy atom. The van der Waals surface area contributed by atoms with Crippen LogP contribution in [0.15, 0.2) is 27.1 Å². The highest BCUT2D eigenvalue weighted by Crippen LogP contribution is 2.35. The van der Waals surface area contributed by atoms with E-state index in [2.05, 4.69) is 31.9 Å². The number of rotatable bonds is 5. The molecule has 2 amide bonds. The lowest BCUT2D eigenvalue weighted by Crippen LogP contribution is -2.21. The van der Waals surface area contributed by atoms with Gasteiger partial charge in [0.1, 0.15) is 0 Å². The molecule has 0 aromatic heterocycles. The second kappa shape index (κ2) is 6.16. The minimum Gasteiger partial charge on any atom is -0.370 e. The summed E-state index contributed by atoms with van der Waals surface area (Å²) in [7, 11) is 0. The topological polar surface area (TPSA) is 86.2 Å². The van der Waals surface area contributed by atoms with E-state index in [1.54, 1.807) is 0 Å². The Hall–Kier alpha value is -0.880. The van der Waals surface area contributed by atoms with E-state index in [-0.39, 0.29) is 18.8 Å². The van der Waals surface area contributed by atoms with Crippen molar-refractivity contribution in [1.82, 2.24) is 0 Å². The highest BCUT2D eigenvalue weighted by Gasteiger charge is 2.21. The van der Waals surface area contributed by atoms with Crippen molar-refractivity contribution in [1.29, 1.82) is 0 Å². The fourth-order valence-corrected chi connectivity index (χ4v) is 3.31. The molecule has 1 aromatic carbocycles. The highest BCUT2D eigenvalue weighted by molar-refractivity contribution is 9.11. The zero-order valence-corrected chi connectivity index (χ0v) is 12.1. The van der Waals surface area contributed by atoms with Crippen LogP contribution in [0.2, 0.25) is 0 Å². The Kier molecular flexibility index (Phi) is 5.14. The molecule has 4 nitrogen and oxygen atoms in total. The number of carbonyl (C=O) groups excluding carboxylic acids is 2. The standard InChI is InChI=1S/C11H12Br2N2O2/c12-7-2-1-3-8(13)11(7)6(4-9(14)16)5-10(15)17/h1-3,6H,4-5H2,(H2,14,16)(H2,15,17). The third-order valence-electron chi connectivity index (χ3n) is 2.30. The molecule has 0 atom stereocenters. The molecular formula is C11H12Br2N2O2. The first-order chi connectivity index (χ1) is 7.91. The van der Waals surface area contributed by atoms with Gasteiger partial charge in [-0.25, -0.2) is 0 Å². The first-order valence-electron chi connectivity index (χ1n) is 4.92. The van der Waals surface area contributed by atoms with Gasteiger partial charge in [-0.15, -0.1) is 0 Å². The van der Waals surface area contributed by atoms with Crippen LogP contribution in [-0.2, 0) is 9.59 Å². The zero-order valence-electron chi connectivity index (χ0n) is 8.95.